The van der Waals surface area contributed by atoms with Crippen molar-refractivity contribution in [1.29, 1.82) is 0 Å². The first-order valence-corrected chi connectivity index (χ1v) is 8.72. The molecule has 0 aliphatic carbocycles. The van der Waals surface area contributed by atoms with Gasteiger partial charge < -0.3 is 24.3 Å². The van der Waals surface area contributed by atoms with Gasteiger partial charge >= 0.3 is 11.6 Å². The van der Waals surface area contributed by atoms with Gasteiger partial charge in [0, 0.05) is 17.0 Å². The van der Waals surface area contributed by atoms with Crippen LogP contribution in [0.25, 0.3) is 22.1 Å². The van der Waals surface area contributed by atoms with Gasteiger partial charge in [-0.15, -0.1) is 0 Å². The van der Waals surface area contributed by atoms with Crippen molar-refractivity contribution in [3.8, 4) is 22.6 Å². The van der Waals surface area contributed by atoms with E-state index in [1.54, 1.807) is 38.3 Å². The van der Waals surface area contributed by atoms with Crippen molar-refractivity contribution < 1.29 is 28.6 Å². The van der Waals surface area contributed by atoms with E-state index in [4.69, 9.17) is 19.0 Å². The molecule has 0 fully saturated rings. The number of amides is 1. The number of carboxylic acid groups (broad SMARTS) is 1. The Labute approximate surface area is 165 Å². The number of aliphatic carboxylic acids is 1. The Morgan fingerprint density at radius 1 is 1.14 bits per heavy atom. The van der Waals surface area contributed by atoms with Crippen LogP contribution in [0.5, 0.6) is 11.5 Å². The molecular formula is C21H19NO7. The molecule has 2 aromatic carbocycles. The average molecular weight is 397 g/mol. The summed E-state index contributed by atoms with van der Waals surface area (Å²) in [4.78, 5) is 34.3. The van der Waals surface area contributed by atoms with Crippen molar-refractivity contribution in [2.75, 3.05) is 20.3 Å². The molecule has 3 rings (SSSR count). The van der Waals surface area contributed by atoms with Gasteiger partial charge in [0.25, 0.3) is 5.91 Å². The number of carboxylic acids is 1. The molecule has 150 valence electrons. The van der Waals surface area contributed by atoms with Gasteiger partial charge in [0.15, 0.2) is 6.61 Å². The topological polar surface area (TPSA) is 115 Å². The lowest BCUT2D eigenvalue weighted by Crippen LogP contribution is -2.33. The zero-order chi connectivity index (χ0) is 21.0. The standard InChI is InChI=1S/C21H19NO7/c1-12-17(28-11-18(23)22-10-19(24)25)8-7-15-16(9-20(26)29-21(12)15)13-3-5-14(27-2)6-4-13/h3-9H,10-11H2,1-2H3,(H,22,23)(H,24,25). The Bertz CT molecular complexity index is 1120. The minimum atomic E-state index is -1.15. The minimum Gasteiger partial charge on any atom is -0.497 e. The van der Waals surface area contributed by atoms with Crippen LogP contribution in [0.4, 0.5) is 0 Å². The number of carbonyl (C=O) groups excluding carboxylic acids is 1. The van der Waals surface area contributed by atoms with Gasteiger partial charge in [-0.05, 0) is 42.3 Å². The zero-order valence-corrected chi connectivity index (χ0v) is 15.9. The second-order valence-electron chi connectivity index (χ2n) is 6.23. The molecule has 29 heavy (non-hydrogen) atoms. The van der Waals surface area contributed by atoms with Gasteiger partial charge in [-0.1, -0.05) is 12.1 Å². The fourth-order valence-electron chi connectivity index (χ4n) is 2.88. The fraction of sp³-hybridized carbons (Fsp3) is 0.190. The average Bonchev–Trinajstić information content (AvgIpc) is 2.71. The molecule has 0 radical (unpaired) electrons. The van der Waals surface area contributed by atoms with Gasteiger partial charge in [-0.25, -0.2) is 4.79 Å². The second kappa shape index (κ2) is 8.47. The summed E-state index contributed by atoms with van der Waals surface area (Å²) in [5.41, 5.74) is 1.92. The lowest BCUT2D eigenvalue weighted by atomic mass is 10.00. The molecule has 0 unspecified atom stereocenters. The monoisotopic (exact) mass is 397 g/mol. The summed E-state index contributed by atoms with van der Waals surface area (Å²) in [7, 11) is 1.58. The van der Waals surface area contributed by atoms with Gasteiger partial charge in [0.2, 0.25) is 0 Å². The molecule has 2 N–H and O–H groups in total. The lowest BCUT2D eigenvalue weighted by molar-refractivity contribution is -0.138. The number of benzene rings is 2. The van der Waals surface area contributed by atoms with Crippen molar-refractivity contribution in [3.63, 3.8) is 0 Å². The first kappa shape index (κ1) is 19.9. The number of aryl methyl sites for hydroxylation is 1. The van der Waals surface area contributed by atoms with E-state index in [9.17, 15) is 14.4 Å². The van der Waals surface area contributed by atoms with E-state index >= 15 is 0 Å². The number of carbonyl (C=O) groups is 2. The fourth-order valence-corrected chi connectivity index (χ4v) is 2.88. The summed E-state index contributed by atoms with van der Waals surface area (Å²) in [6.45, 7) is 0.870. The van der Waals surface area contributed by atoms with Gasteiger partial charge in [-0.2, -0.15) is 0 Å². The van der Waals surface area contributed by atoms with Crippen LogP contribution in [-0.4, -0.2) is 37.2 Å². The molecule has 1 aromatic heterocycles. The van der Waals surface area contributed by atoms with Gasteiger partial charge in [0.05, 0.1) is 7.11 Å². The molecule has 0 saturated carbocycles. The number of ether oxygens (including phenoxy) is 2. The molecule has 0 atom stereocenters. The maximum Gasteiger partial charge on any atom is 0.336 e. The number of methoxy groups -OCH3 is 1. The quantitative estimate of drug-likeness (QED) is 0.588. The van der Waals surface area contributed by atoms with Crippen molar-refractivity contribution in [2.45, 2.75) is 6.92 Å². The van der Waals surface area contributed by atoms with Crippen molar-refractivity contribution >= 4 is 22.8 Å². The largest absolute Gasteiger partial charge is 0.497 e. The summed E-state index contributed by atoms with van der Waals surface area (Å²) >= 11 is 0. The minimum absolute atomic E-state index is 0.353. The van der Waals surface area contributed by atoms with E-state index in [2.05, 4.69) is 5.32 Å². The molecule has 0 saturated heterocycles. The van der Waals surface area contributed by atoms with Crippen LogP contribution in [0.1, 0.15) is 5.56 Å². The van der Waals surface area contributed by atoms with Crippen LogP contribution in [0, 0.1) is 6.92 Å². The molecule has 0 spiro atoms. The first-order chi connectivity index (χ1) is 13.9. The molecule has 3 aromatic rings. The van der Waals surface area contributed by atoms with E-state index < -0.39 is 24.0 Å². The summed E-state index contributed by atoms with van der Waals surface area (Å²) in [6.07, 6.45) is 0. The predicted molar refractivity (Wildman–Crippen MR) is 105 cm³/mol. The van der Waals surface area contributed by atoms with Crippen molar-refractivity contribution in [1.82, 2.24) is 5.32 Å². The molecule has 0 aliphatic rings. The third-order valence-corrected chi connectivity index (χ3v) is 4.31. The Kier molecular flexibility index (Phi) is 5.82. The highest BCUT2D eigenvalue weighted by Crippen LogP contribution is 2.33. The third kappa shape index (κ3) is 4.55. The highest BCUT2D eigenvalue weighted by Gasteiger charge is 2.14. The Balaban J connectivity index is 1.93. The Morgan fingerprint density at radius 2 is 1.86 bits per heavy atom. The second-order valence-corrected chi connectivity index (χ2v) is 6.23. The van der Waals surface area contributed by atoms with Crippen LogP contribution in [0.3, 0.4) is 0 Å². The number of hydrogen-bond acceptors (Lipinski definition) is 6. The Hall–Kier alpha value is -3.81. The number of rotatable bonds is 7. The summed E-state index contributed by atoms with van der Waals surface area (Å²) in [5.74, 6) is -0.652. The highest BCUT2D eigenvalue weighted by molar-refractivity contribution is 5.95. The number of hydrogen-bond donors (Lipinski definition) is 2. The van der Waals surface area contributed by atoms with E-state index in [1.165, 1.54) is 6.07 Å². The number of fused-ring (bicyclic) bond motifs is 1. The van der Waals surface area contributed by atoms with Crippen LogP contribution in [0.15, 0.2) is 51.7 Å². The van der Waals surface area contributed by atoms with Crippen LogP contribution < -0.4 is 20.4 Å². The smallest absolute Gasteiger partial charge is 0.336 e. The first-order valence-electron chi connectivity index (χ1n) is 8.72. The van der Waals surface area contributed by atoms with E-state index in [-0.39, 0.29) is 6.61 Å². The third-order valence-electron chi connectivity index (χ3n) is 4.31. The Morgan fingerprint density at radius 3 is 2.52 bits per heavy atom. The summed E-state index contributed by atoms with van der Waals surface area (Å²) < 4.78 is 16.0. The molecular weight excluding hydrogens is 378 g/mol. The molecule has 0 bridgehead atoms. The van der Waals surface area contributed by atoms with Crippen molar-refractivity contribution in [2.24, 2.45) is 0 Å². The number of nitrogens with one attached hydrogen (secondary N) is 1. The van der Waals surface area contributed by atoms with E-state index in [0.29, 0.717) is 28.2 Å². The highest BCUT2D eigenvalue weighted by atomic mass is 16.5. The molecule has 1 heterocycles. The normalized spacial score (nSPS) is 10.6. The zero-order valence-electron chi connectivity index (χ0n) is 15.9. The SMILES string of the molecule is COc1ccc(-c2cc(=O)oc3c(C)c(OCC(=O)NCC(=O)O)ccc23)cc1. The molecule has 8 heteroatoms. The molecule has 1 amide bonds. The lowest BCUT2D eigenvalue weighted by Gasteiger charge is -2.12. The van der Waals surface area contributed by atoms with E-state index in [1.807, 2.05) is 12.1 Å². The predicted octanol–water partition coefficient (Wildman–Crippen LogP) is 2.36. The molecule has 8 nitrogen and oxygen atoms in total. The van der Waals surface area contributed by atoms with Gasteiger partial charge in [0.1, 0.15) is 23.6 Å². The van der Waals surface area contributed by atoms with Gasteiger partial charge in [-0.3, -0.25) is 9.59 Å². The van der Waals surface area contributed by atoms with Crippen LogP contribution >= 0.6 is 0 Å². The van der Waals surface area contributed by atoms with Crippen molar-refractivity contribution in [3.05, 3.63) is 58.4 Å². The maximum atomic E-state index is 12.1. The van der Waals surface area contributed by atoms with Crippen LogP contribution in [-0.2, 0) is 9.59 Å². The maximum absolute atomic E-state index is 12.1. The van der Waals surface area contributed by atoms with Crippen LogP contribution in [0.2, 0.25) is 0 Å². The summed E-state index contributed by atoms with van der Waals surface area (Å²) in [6, 6.07) is 12.1. The molecule has 0 aliphatic heterocycles. The summed E-state index contributed by atoms with van der Waals surface area (Å²) in [5, 5.41) is 11.5. The van der Waals surface area contributed by atoms with E-state index in [0.717, 1.165) is 10.9 Å².